The van der Waals surface area contributed by atoms with Gasteiger partial charge >= 0.3 is 18.2 Å². The quantitative estimate of drug-likeness (QED) is 0.398. The summed E-state index contributed by atoms with van der Waals surface area (Å²) in [5.41, 5.74) is -1.04. The van der Waals surface area contributed by atoms with Crippen LogP contribution in [-0.4, -0.2) is 70.8 Å². The third-order valence-corrected chi connectivity index (χ3v) is 3.39. The maximum atomic E-state index is 12.6. The van der Waals surface area contributed by atoms with E-state index >= 15 is 0 Å². The van der Waals surface area contributed by atoms with E-state index in [0.29, 0.717) is 5.69 Å². The van der Waals surface area contributed by atoms with Gasteiger partial charge < -0.3 is 18.9 Å². The monoisotopic (exact) mass is 413 g/mol. The number of hydrogen-bond acceptors (Lipinski definition) is 8. The SMILES string of the molecule is COCN(C(=O)OC(C)(C)C)[C@@H](Cc1cn(C(=O)OC(C)(C)C)cn1)C(=O)OC. The van der Waals surface area contributed by atoms with Gasteiger partial charge in [0.1, 0.15) is 30.3 Å². The lowest BCUT2D eigenvalue weighted by Gasteiger charge is -2.31. The third kappa shape index (κ3) is 8.10. The normalized spacial score (nSPS) is 12.8. The second-order valence-corrected chi connectivity index (χ2v) is 8.36. The van der Waals surface area contributed by atoms with E-state index in [1.807, 2.05) is 0 Å². The zero-order chi connectivity index (χ0) is 22.4. The molecule has 0 N–H and O–H groups in total. The summed E-state index contributed by atoms with van der Waals surface area (Å²) in [6.45, 7) is 10.2. The maximum absolute atomic E-state index is 12.6. The van der Waals surface area contributed by atoms with Crippen LogP contribution in [0.15, 0.2) is 12.5 Å². The highest BCUT2D eigenvalue weighted by Gasteiger charge is 2.34. The summed E-state index contributed by atoms with van der Waals surface area (Å²) in [5.74, 6) is -0.667. The molecule has 10 heteroatoms. The maximum Gasteiger partial charge on any atom is 0.419 e. The summed E-state index contributed by atoms with van der Waals surface area (Å²) in [6.07, 6.45) is 1.37. The largest absolute Gasteiger partial charge is 0.467 e. The first-order chi connectivity index (χ1) is 13.3. The van der Waals surface area contributed by atoms with Gasteiger partial charge in [-0.25, -0.2) is 23.9 Å². The fourth-order valence-electron chi connectivity index (χ4n) is 2.27. The number of ether oxygens (including phenoxy) is 4. The molecule has 1 rings (SSSR count). The van der Waals surface area contributed by atoms with Crippen LogP contribution in [0.5, 0.6) is 0 Å². The van der Waals surface area contributed by atoms with E-state index in [-0.39, 0.29) is 13.2 Å². The van der Waals surface area contributed by atoms with Crippen molar-refractivity contribution in [2.45, 2.75) is 65.2 Å². The number of nitrogens with zero attached hydrogens (tertiary/aromatic N) is 3. The van der Waals surface area contributed by atoms with Crippen molar-refractivity contribution in [2.24, 2.45) is 0 Å². The van der Waals surface area contributed by atoms with Gasteiger partial charge in [0.15, 0.2) is 0 Å². The predicted molar refractivity (Wildman–Crippen MR) is 103 cm³/mol. The van der Waals surface area contributed by atoms with Crippen LogP contribution in [0.1, 0.15) is 47.2 Å². The first-order valence-electron chi connectivity index (χ1n) is 9.10. The van der Waals surface area contributed by atoms with Gasteiger partial charge in [-0.05, 0) is 41.5 Å². The Bertz CT molecular complexity index is 716. The van der Waals surface area contributed by atoms with Crippen molar-refractivity contribution in [3.05, 3.63) is 18.2 Å². The molecule has 164 valence electrons. The van der Waals surface area contributed by atoms with Crippen molar-refractivity contribution < 1.29 is 33.3 Å². The number of imidazole rings is 1. The Hall–Kier alpha value is -2.62. The summed E-state index contributed by atoms with van der Waals surface area (Å²) < 4.78 is 21.7. The molecule has 1 aromatic rings. The molecule has 1 atom stereocenters. The molecule has 0 bridgehead atoms. The Morgan fingerprint density at radius 1 is 1.07 bits per heavy atom. The fourth-order valence-corrected chi connectivity index (χ4v) is 2.27. The average molecular weight is 413 g/mol. The lowest BCUT2D eigenvalue weighted by molar-refractivity contribution is -0.148. The molecule has 1 amide bonds. The third-order valence-electron chi connectivity index (χ3n) is 3.39. The smallest absolute Gasteiger partial charge is 0.419 e. The molecule has 0 aromatic carbocycles. The van der Waals surface area contributed by atoms with Crippen LogP contribution in [-0.2, 0) is 30.2 Å². The predicted octanol–water partition coefficient (Wildman–Crippen LogP) is 2.59. The van der Waals surface area contributed by atoms with E-state index < -0.39 is 35.4 Å². The molecule has 1 heterocycles. The van der Waals surface area contributed by atoms with E-state index in [0.717, 1.165) is 4.90 Å². The minimum absolute atomic E-state index is 0.00886. The van der Waals surface area contributed by atoms with Crippen molar-refractivity contribution in [1.82, 2.24) is 14.5 Å². The zero-order valence-corrected chi connectivity index (χ0v) is 18.3. The van der Waals surface area contributed by atoms with E-state index in [1.54, 1.807) is 41.5 Å². The van der Waals surface area contributed by atoms with E-state index in [4.69, 9.17) is 18.9 Å². The molecule has 10 nitrogen and oxygen atoms in total. The molecule has 0 fully saturated rings. The minimum atomic E-state index is -1.06. The van der Waals surface area contributed by atoms with Gasteiger partial charge in [0.25, 0.3) is 0 Å². The highest BCUT2D eigenvalue weighted by atomic mass is 16.6. The summed E-state index contributed by atoms with van der Waals surface area (Å²) in [7, 11) is 2.61. The highest BCUT2D eigenvalue weighted by molar-refractivity contribution is 5.81. The van der Waals surface area contributed by atoms with Gasteiger partial charge in [-0.2, -0.15) is 0 Å². The molecule has 0 aliphatic heterocycles. The molecule has 0 aliphatic carbocycles. The highest BCUT2D eigenvalue weighted by Crippen LogP contribution is 2.16. The summed E-state index contributed by atoms with van der Waals surface area (Å²) in [5, 5.41) is 0. The number of hydrogen-bond donors (Lipinski definition) is 0. The molecule has 0 radical (unpaired) electrons. The van der Waals surface area contributed by atoms with Crippen LogP contribution in [0.3, 0.4) is 0 Å². The first-order valence-corrected chi connectivity index (χ1v) is 9.10. The van der Waals surface area contributed by atoms with E-state index in [9.17, 15) is 14.4 Å². The number of amides is 1. The summed E-state index contributed by atoms with van der Waals surface area (Å²) in [6, 6.07) is -1.06. The topological polar surface area (TPSA) is 109 Å². The molecule has 0 unspecified atom stereocenters. The van der Waals surface area contributed by atoms with Crippen molar-refractivity contribution in [3.8, 4) is 0 Å². The van der Waals surface area contributed by atoms with Crippen LogP contribution in [0.4, 0.5) is 9.59 Å². The van der Waals surface area contributed by atoms with Crippen molar-refractivity contribution in [1.29, 1.82) is 0 Å². The summed E-state index contributed by atoms with van der Waals surface area (Å²) in [4.78, 5) is 42.4. The molecule has 0 spiro atoms. The number of rotatable bonds is 6. The molecular weight excluding hydrogens is 382 g/mol. The van der Waals surface area contributed by atoms with Crippen molar-refractivity contribution in [3.63, 3.8) is 0 Å². The number of aromatic nitrogens is 2. The molecular formula is C19H31N3O7. The van der Waals surface area contributed by atoms with Crippen molar-refractivity contribution >= 4 is 18.2 Å². The van der Waals surface area contributed by atoms with Gasteiger partial charge in [-0.15, -0.1) is 0 Å². The lowest BCUT2D eigenvalue weighted by Crippen LogP contribution is -2.49. The van der Waals surface area contributed by atoms with Crippen LogP contribution in [0.25, 0.3) is 0 Å². The zero-order valence-electron chi connectivity index (χ0n) is 18.3. The first kappa shape index (κ1) is 24.4. The Morgan fingerprint density at radius 3 is 2.14 bits per heavy atom. The second kappa shape index (κ2) is 9.73. The lowest BCUT2D eigenvalue weighted by atomic mass is 10.1. The summed E-state index contributed by atoms with van der Waals surface area (Å²) >= 11 is 0. The van der Waals surface area contributed by atoms with Gasteiger partial charge in [0, 0.05) is 19.7 Å². The molecule has 0 aliphatic rings. The number of carbonyl (C=O) groups is 3. The Balaban J connectivity index is 3.08. The van der Waals surface area contributed by atoms with E-state index in [1.165, 1.54) is 31.3 Å². The number of methoxy groups -OCH3 is 2. The molecule has 0 saturated carbocycles. The number of carbonyl (C=O) groups excluding carboxylic acids is 3. The second-order valence-electron chi connectivity index (χ2n) is 8.36. The minimum Gasteiger partial charge on any atom is -0.467 e. The van der Waals surface area contributed by atoms with Gasteiger partial charge in [0.2, 0.25) is 0 Å². The van der Waals surface area contributed by atoms with Gasteiger partial charge in [-0.3, -0.25) is 4.90 Å². The molecule has 0 saturated heterocycles. The van der Waals surface area contributed by atoms with Crippen LogP contribution >= 0.6 is 0 Å². The van der Waals surface area contributed by atoms with Crippen LogP contribution in [0.2, 0.25) is 0 Å². The average Bonchev–Trinajstić information content (AvgIpc) is 3.03. The number of esters is 1. The van der Waals surface area contributed by atoms with Crippen LogP contribution in [0, 0.1) is 0 Å². The van der Waals surface area contributed by atoms with Gasteiger partial charge in [0.05, 0.1) is 12.8 Å². The Kier molecular flexibility index (Phi) is 8.19. The van der Waals surface area contributed by atoms with Gasteiger partial charge in [-0.1, -0.05) is 0 Å². The standard InChI is InChI=1S/C19H31N3O7/c1-18(2,3)28-16(24)21-10-13(20-11-21)9-14(15(23)27-8)22(12-26-7)17(25)29-19(4,5)6/h10-11,14H,9,12H2,1-8H3/t14-/m0/s1. The fraction of sp³-hybridized carbons (Fsp3) is 0.684. The Morgan fingerprint density at radius 2 is 1.66 bits per heavy atom. The molecule has 29 heavy (non-hydrogen) atoms. The molecule has 1 aromatic heterocycles. The van der Waals surface area contributed by atoms with Crippen LogP contribution < -0.4 is 0 Å². The van der Waals surface area contributed by atoms with Crippen molar-refractivity contribution in [2.75, 3.05) is 21.0 Å². The van der Waals surface area contributed by atoms with E-state index in [2.05, 4.69) is 4.98 Å². The Labute approximate surface area is 171 Å².